The van der Waals surface area contributed by atoms with Crippen molar-refractivity contribution in [3.05, 3.63) is 30.1 Å². The van der Waals surface area contributed by atoms with Crippen molar-refractivity contribution in [3.63, 3.8) is 0 Å². The molecule has 0 saturated carbocycles. The Kier molecular flexibility index (Phi) is 2.51. The Bertz CT molecular complexity index is 240. The monoisotopic (exact) mass is 131 g/mol. The van der Waals surface area contributed by atoms with Crippen LogP contribution in [0.2, 0.25) is 0 Å². The van der Waals surface area contributed by atoms with Gasteiger partial charge >= 0.3 is 0 Å². The van der Waals surface area contributed by atoms with E-state index in [-0.39, 0.29) is 0 Å². The van der Waals surface area contributed by atoms with Gasteiger partial charge in [-0.25, -0.2) is 0 Å². The molecule has 0 bridgehead atoms. The van der Waals surface area contributed by atoms with Gasteiger partial charge < -0.3 is 0 Å². The first kappa shape index (κ1) is 6.82. The summed E-state index contributed by atoms with van der Waals surface area (Å²) in [5, 5.41) is 0. The molecular formula is C9H9N. The van der Waals surface area contributed by atoms with Gasteiger partial charge in [-0.3, -0.25) is 4.98 Å². The van der Waals surface area contributed by atoms with Gasteiger partial charge in [-0.1, -0.05) is 12.0 Å². The Hall–Kier alpha value is -1.29. The van der Waals surface area contributed by atoms with E-state index >= 15 is 0 Å². The average Bonchev–Trinajstić information content (AvgIpc) is 2.03. The van der Waals surface area contributed by atoms with Crippen molar-refractivity contribution in [2.75, 3.05) is 0 Å². The van der Waals surface area contributed by atoms with Crippen molar-refractivity contribution in [2.45, 2.75) is 13.3 Å². The zero-order valence-corrected chi connectivity index (χ0v) is 5.96. The van der Waals surface area contributed by atoms with Crippen molar-refractivity contribution in [1.82, 2.24) is 4.98 Å². The van der Waals surface area contributed by atoms with Gasteiger partial charge in [-0.05, 0) is 18.6 Å². The molecule has 0 aliphatic rings. The minimum atomic E-state index is 0.810. The second kappa shape index (κ2) is 3.68. The topological polar surface area (TPSA) is 12.9 Å². The summed E-state index contributed by atoms with van der Waals surface area (Å²) in [4.78, 5) is 3.97. The summed E-state index contributed by atoms with van der Waals surface area (Å²) in [5.41, 5.74) is 1.18. The van der Waals surface area contributed by atoms with E-state index in [2.05, 4.69) is 16.8 Å². The molecule has 0 radical (unpaired) electrons. The summed E-state index contributed by atoms with van der Waals surface area (Å²) in [5.74, 6) is 5.81. The van der Waals surface area contributed by atoms with Gasteiger partial charge in [0.1, 0.15) is 0 Å². The SMILES string of the molecule is CC#CCc1cccnc1. The van der Waals surface area contributed by atoms with Gasteiger partial charge in [0, 0.05) is 18.8 Å². The molecule has 0 spiro atoms. The fraction of sp³-hybridized carbons (Fsp3) is 0.222. The van der Waals surface area contributed by atoms with E-state index in [4.69, 9.17) is 0 Å². The third-order valence-electron chi connectivity index (χ3n) is 1.19. The van der Waals surface area contributed by atoms with Crippen LogP contribution in [0.3, 0.4) is 0 Å². The third-order valence-corrected chi connectivity index (χ3v) is 1.19. The lowest BCUT2D eigenvalue weighted by Crippen LogP contribution is -1.80. The number of pyridine rings is 1. The lowest BCUT2D eigenvalue weighted by atomic mass is 10.2. The van der Waals surface area contributed by atoms with Crippen molar-refractivity contribution in [3.8, 4) is 11.8 Å². The molecule has 50 valence electrons. The van der Waals surface area contributed by atoms with Gasteiger partial charge in [0.05, 0.1) is 0 Å². The number of hydrogen-bond acceptors (Lipinski definition) is 1. The van der Waals surface area contributed by atoms with Crippen LogP contribution in [0.5, 0.6) is 0 Å². The van der Waals surface area contributed by atoms with Crippen molar-refractivity contribution >= 4 is 0 Å². The van der Waals surface area contributed by atoms with Crippen LogP contribution in [-0.2, 0) is 6.42 Å². The zero-order valence-electron chi connectivity index (χ0n) is 5.96. The molecule has 1 nitrogen and oxygen atoms in total. The van der Waals surface area contributed by atoms with Gasteiger partial charge in [-0.15, -0.1) is 5.92 Å². The number of aromatic nitrogens is 1. The molecule has 1 heteroatoms. The van der Waals surface area contributed by atoms with E-state index in [1.165, 1.54) is 5.56 Å². The first-order valence-electron chi connectivity index (χ1n) is 3.22. The van der Waals surface area contributed by atoms with Crippen LogP contribution in [0.15, 0.2) is 24.5 Å². The lowest BCUT2D eigenvalue weighted by molar-refractivity contribution is 1.21. The second-order valence-corrected chi connectivity index (χ2v) is 1.96. The van der Waals surface area contributed by atoms with Crippen LogP contribution < -0.4 is 0 Å². The predicted octanol–water partition coefficient (Wildman–Crippen LogP) is 1.65. The van der Waals surface area contributed by atoms with Crippen LogP contribution in [0.1, 0.15) is 12.5 Å². The summed E-state index contributed by atoms with van der Waals surface area (Å²) in [6, 6.07) is 3.95. The summed E-state index contributed by atoms with van der Waals surface area (Å²) in [7, 11) is 0. The normalized spacial score (nSPS) is 8.10. The molecular weight excluding hydrogens is 122 g/mol. The highest BCUT2D eigenvalue weighted by molar-refractivity contribution is 5.16. The molecule has 0 saturated heterocycles. The van der Waals surface area contributed by atoms with Crippen LogP contribution in [0.25, 0.3) is 0 Å². The highest BCUT2D eigenvalue weighted by Gasteiger charge is 1.84. The molecule has 10 heavy (non-hydrogen) atoms. The maximum Gasteiger partial charge on any atom is 0.0355 e. The maximum atomic E-state index is 3.97. The molecule has 1 aromatic rings. The fourth-order valence-electron chi connectivity index (χ4n) is 0.693. The molecule has 0 unspecified atom stereocenters. The van der Waals surface area contributed by atoms with Gasteiger partial charge in [0.15, 0.2) is 0 Å². The van der Waals surface area contributed by atoms with E-state index in [1.54, 1.807) is 6.20 Å². The van der Waals surface area contributed by atoms with Crippen molar-refractivity contribution < 1.29 is 0 Å². The fourth-order valence-corrected chi connectivity index (χ4v) is 0.693. The van der Waals surface area contributed by atoms with Crippen LogP contribution in [0.4, 0.5) is 0 Å². The largest absolute Gasteiger partial charge is 0.264 e. The van der Waals surface area contributed by atoms with E-state index in [0.29, 0.717) is 0 Å². The molecule has 0 aromatic carbocycles. The highest BCUT2D eigenvalue weighted by atomic mass is 14.6. The second-order valence-electron chi connectivity index (χ2n) is 1.96. The molecule has 0 aliphatic heterocycles. The van der Waals surface area contributed by atoms with Gasteiger partial charge in [-0.2, -0.15) is 0 Å². The lowest BCUT2D eigenvalue weighted by Gasteiger charge is -1.89. The zero-order chi connectivity index (χ0) is 7.23. The first-order chi connectivity index (χ1) is 4.93. The van der Waals surface area contributed by atoms with E-state index in [9.17, 15) is 0 Å². The van der Waals surface area contributed by atoms with Crippen molar-refractivity contribution in [2.24, 2.45) is 0 Å². The number of rotatable bonds is 1. The molecule has 0 fully saturated rings. The Labute approximate surface area is 61.1 Å². The summed E-state index contributed by atoms with van der Waals surface area (Å²) in [6.45, 7) is 1.84. The quantitative estimate of drug-likeness (QED) is 0.528. The Morgan fingerprint density at radius 1 is 1.60 bits per heavy atom. The Morgan fingerprint density at radius 3 is 3.10 bits per heavy atom. The Balaban J connectivity index is 2.64. The first-order valence-corrected chi connectivity index (χ1v) is 3.22. The molecule has 1 aromatic heterocycles. The van der Waals surface area contributed by atoms with Crippen molar-refractivity contribution in [1.29, 1.82) is 0 Å². The van der Waals surface area contributed by atoms with Crippen LogP contribution >= 0.6 is 0 Å². The molecule has 0 N–H and O–H groups in total. The summed E-state index contributed by atoms with van der Waals surface area (Å²) < 4.78 is 0. The smallest absolute Gasteiger partial charge is 0.0355 e. The van der Waals surface area contributed by atoms with Crippen LogP contribution in [-0.4, -0.2) is 4.98 Å². The average molecular weight is 131 g/mol. The summed E-state index contributed by atoms with van der Waals surface area (Å²) >= 11 is 0. The molecule has 1 heterocycles. The highest BCUT2D eigenvalue weighted by Crippen LogP contribution is 1.94. The maximum absolute atomic E-state index is 3.97. The van der Waals surface area contributed by atoms with Crippen LogP contribution in [0, 0.1) is 11.8 Å². The number of hydrogen-bond donors (Lipinski definition) is 0. The standard InChI is InChI=1S/C9H9N/c1-2-3-5-9-6-4-7-10-8-9/h4,6-8H,5H2,1H3. The molecule has 0 amide bonds. The predicted molar refractivity (Wildman–Crippen MR) is 41.4 cm³/mol. The minimum absolute atomic E-state index is 0.810. The Morgan fingerprint density at radius 2 is 2.50 bits per heavy atom. The van der Waals surface area contributed by atoms with E-state index in [0.717, 1.165) is 6.42 Å². The minimum Gasteiger partial charge on any atom is -0.264 e. The molecule has 0 atom stereocenters. The number of nitrogens with zero attached hydrogens (tertiary/aromatic N) is 1. The van der Waals surface area contributed by atoms with E-state index in [1.807, 2.05) is 25.3 Å². The molecule has 0 aliphatic carbocycles. The molecule has 1 rings (SSSR count). The van der Waals surface area contributed by atoms with E-state index < -0.39 is 0 Å². The van der Waals surface area contributed by atoms with Gasteiger partial charge in [0.25, 0.3) is 0 Å². The summed E-state index contributed by atoms with van der Waals surface area (Å²) in [6.07, 6.45) is 4.41. The van der Waals surface area contributed by atoms with Gasteiger partial charge in [0.2, 0.25) is 0 Å². The third kappa shape index (κ3) is 1.91.